The summed E-state index contributed by atoms with van der Waals surface area (Å²) < 4.78 is 0. The fourth-order valence-electron chi connectivity index (χ4n) is 6.74. The van der Waals surface area contributed by atoms with Crippen molar-refractivity contribution in [2.75, 3.05) is 26.2 Å². The second kappa shape index (κ2) is 7.87. The lowest BCUT2D eigenvalue weighted by Gasteiger charge is -2.56. The Balaban J connectivity index is 1.14. The molecule has 3 N–H and O–H groups in total. The minimum absolute atomic E-state index is 0.0485. The first kappa shape index (κ1) is 18.3. The molecule has 0 aromatic carbocycles. The van der Waals surface area contributed by atoms with Crippen molar-refractivity contribution in [2.24, 2.45) is 29.1 Å². The largest absolute Gasteiger partial charge is 0.355 e. The molecule has 5 fully saturated rings. The number of rotatable bonds is 7. The van der Waals surface area contributed by atoms with Crippen LogP contribution in [-0.2, 0) is 9.59 Å². The fourth-order valence-corrected chi connectivity index (χ4v) is 6.74. The summed E-state index contributed by atoms with van der Waals surface area (Å²) in [6.45, 7) is 3.04. The molecule has 1 saturated heterocycles. The minimum atomic E-state index is -0.0485. The van der Waals surface area contributed by atoms with Gasteiger partial charge in [0.2, 0.25) is 11.8 Å². The second-order valence-corrected chi connectivity index (χ2v) is 9.72. The van der Waals surface area contributed by atoms with Crippen molar-refractivity contribution < 1.29 is 9.59 Å². The minimum Gasteiger partial charge on any atom is -0.355 e. The van der Waals surface area contributed by atoms with Crippen LogP contribution in [-0.4, -0.2) is 38.0 Å². The van der Waals surface area contributed by atoms with Gasteiger partial charge in [-0.2, -0.15) is 0 Å². The van der Waals surface area contributed by atoms with E-state index in [9.17, 15) is 9.59 Å². The van der Waals surface area contributed by atoms with Crippen LogP contribution < -0.4 is 16.0 Å². The summed E-state index contributed by atoms with van der Waals surface area (Å²) in [5.74, 6) is 3.31. The highest BCUT2D eigenvalue weighted by Crippen LogP contribution is 2.61. The first-order chi connectivity index (χ1) is 12.6. The average Bonchev–Trinajstić information content (AvgIpc) is 2.59. The summed E-state index contributed by atoms with van der Waals surface area (Å²) in [5, 5.41) is 9.25. The predicted molar refractivity (Wildman–Crippen MR) is 101 cm³/mol. The lowest BCUT2D eigenvalue weighted by atomic mass is 9.49. The van der Waals surface area contributed by atoms with E-state index in [1.165, 1.54) is 51.4 Å². The highest BCUT2D eigenvalue weighted by atomic mass is 16.2. The van der Waals surface area contributed by atoms with Crippen molar-refractivity contribution >= 4 is 11.8 Å². The molecule has 1 unspecified atom stereocenters. The molecule has 4 bridgehead atoms. The van der Waals surface area contributed by atoms with E-state index in [-0.39, 0.29) is 23.8 Å². The molecular formula is C21H35N3O2. The Bertz CT molecular complexity index is 492. The zero-order valence-electron chi connectivity index (χ0n) is 16.0. The molecule has 0 spiro atoms. The van der Waals surface area contributed by atoms with E-state index in [0.29, 0.717) is 12.3 Å². The average molecular weight is 362 g/mol. The Morgan fingerprint density at radius 3 is 2.27 bits per heavy atom. The van der Waals surface area contributed by atoms with Gasteiger partial charge in [0.15, 0.2) is 0 Å². The highest BCUT2D eigenvalue weighted by Gasteiger charge is 2.51. The normalized spacial score (nSPS) is 38.2. The molecule has 0 aromatic rings. The van der Waals surface area contributed by atoms with Crippen molar-refractivity contribution in [1.82, 2.24) is 16.0 Å². The van der Waals surface area contributed by atoms with E-state index in [4.69, 9.17) is 0 Å². The molecule has 5 heteroatoms. The van der Waals surface area contributed by atoms with E-state index in [1.54, 1.807) is 0 Å². The number of hydrogen-bond acceptors (Lipinski definition) is 3. The molecule has 1 heterocycles. The molecule has 26 heavy (non-hydrogen) atoms. The van der Waals surface area contributed by atoms with Crippen LogP contribution in [0.2, 0.25) is 0 Å². The van der Waals surface area contributed by atoms with Crippen molar-refractivity contribution in [1.29, 1.82) is 0 Å². The quantitative estimate of drug-likeness (QED) is 0.651. The maximum atomic E-state index is 12.5. The van der Waals surface area contributed by atoms with Crippen molar-refractivity contribution in [3.63, 3.8) is 0 Å². The van der Waals surface area contributed by atoms with E-state index in [0.717, 1.165) is 43.8 Å². The SMILES string of the molecule is O=C(CNC(=O)CC12CC3CC(CC(C3)C1)C2)NCCC1CCCNC1. The van der Waals surface area contributed by atoms with E-state index in [2.05, 4.69) is 16.0 Å². The van der Waals surface area contributed by atoms with Crippen LogP contribution in [0.15, 0.2) is 0 Å². The monoisotopic (exact) mass is 361 g/mol. The Morgan fingerprint density at radius 2 is 1.65 bits per heavy atom. The van der Waals surface area contributed by atoms with E-state index >= 15 is 0 Å². The van der Waals surface area contributed by atoms with Gasteiger partial charge in [-0.05, 0) is 100.0 Å². The summed E-state index contributed by atoms with van der Waals surface area (Å²) in [4.78, 5) is 24.5. The predicted octanol–water partition coefficient (Wildman–Crippen LogP) is 2.21. The van der Waals surface area contributed by atoms with Gasteiger partial charge in [0.1, 0.15) is 0 Å². The van der Waals surface area contributed by atoms with Gasteiger partial charge >= 0.3 is 0 Å². The van der Waals surface area contributed by atoms with Gasteiger partial charge in [-0.15, -0.1) is 0 Å². The van der Waals surface area contributed by atoms with Crippen molar-refractivity contribution in [3.05, 3.63) is 0 Å². The third-order valence-electron chi connectivity index (χ3n) is 7.42. The molecule has 5 aliphatic rings. The molecule has 1 aliphatic heterocycles. The fraction of sp³-hybridized carbons (Fsp3) is 0.905. The molecular weight excluding hydrogens is 326 g/mol. The summed E-state index contributed by atoms with van der Waals surface area (Å²) in [5.41, 5.74) is 0.253. The molecule has 5 rings (SSSR count). The van der Waals surface area contributed by atoms with Gasteiger partial charge in [-0.1, -0.05) is 0 Å². The molecule has 0 radical (unpaired) electrons. The maximum absolute atomic E-state index is 12.5. The molecule has 4 aliphatic carbocycles. The Kier molecular flexibility index (Phi) is 5.53. The van der Waals surface area contributed by atoms with Gasteiger partial charge in [0.05, 0.1) is 6.54 Å². The zero-order chi connectivity index (χ0) is 18.0. The number of carbonyl (C=O) groups excluding carboxylic acids is 2. The molecule has 146 valence electrons. The van der Waals surface area contributed by atoms with Gasteiger partial charge < -0.3 is 16.0 Å². The van der Waals surface area contributed by atoms with Gasteiger partial charge in [0, 0.05) is 13.0 Å². The maximum Gasteiger partial charge on any atom is 0.239 e. The van der Waals surface area contributed by atoms with Crippen LogP contribution in [0.1, 0.15) is 64.2 Å². The molecule has 1 atom stereocenters. The third-order valence-corrected chi connectivity index (χ3v) is 7.42. The van der Waals surface area contributed by atoms with Crippen LogP contribution >= 0.6 is 0 Å². The number of nitrogens with one attached hydrogen (secondary N) is 3. The molecule has 2 amide bonds. The topological polar surface area (TPSA) is 70.2 Å². The van der Waals surface area contributed by atoms with Gasteiger partial charge in [0.25, 0.3) is 0 Å². The Labute approximate surface area is 157 Å². The Morgan fingerprint density at radius 1 is 0.962 bits per heavy atom. The van der Waals surface area contributed by atoms with Crippen molar-refractivity contribution in [3.8, 4) is 0 Å². The number of piperidine rings is 1. The number of hydrogen-bond donors (Lipinski definition) is 3. The standard InChI is InChI=1S/C21H35N3O2/c25-19(12-21-9-16-6-17(10-21)8-18(7-16)11-21)24-14-20(26)23-5-3-15-2-1-4-22-13-15/h15-18,22H,1-14H2,(H,23,26)(H,24,25). The number of amides is 2. The first-order valence-corrected chi connectivity index (χ1v) is 10.8. The second-order valence-electron chi connectivity index (χ2n) is 9.72. The third kappa shape index (κ3) is 4.41. The summed E-state index contributed by atoms with van der Waals surface area (Å²) in [7, 11) is 0. The smallest absolute Gasteiger partial charge is 0.239 e. The van der Waals surface area contributed by atoms with Gasteiger partial charge in [-0.25, -0.2) is 0 Å². The van der Waals surface area contributed by atoms with Gasteiger partial charge in [-0.3, -0.25) is 9.59 Å². The molecule has 5 nitrogen and oxygen atoms in total. The van der Waals surface area contributed by atoms with Crippen LogP contribution in [0.5, 0.6) is 0 Å². The van der Waals surface area contributed by atoms with Crippen LogP contribution in [0, 0.1) is 29.1 Å². The van der Waals surface area contributed by atoms with Crippen molar-refractivity contribution in [2.45, 2.75) is 64.2 Å². The lowest BCUT2D eigenvalue weighted by molar-refractivity contribution is -0.131. The Hall–Kier alpha value is -1.10. The summed E-state index contributed by atoms with van der Waals surface area (Å²) >= 11 is 0. The summed E-state index contributed by atoms with van der Waals surface area (Å²) in [6.07, 6.45) is 12.1. The summed E-state index contributed by atoms with van der Waals surface area (Å²) in [6, 6.07) is 0. The first-order valence-electron chi connectivity index (χ1n) is 10.8. The van der Waals surface area contributed by atoms with E-state index in [1.807, 2.05) is 0 Å². The van der Waals surface area contributed by atoms with E-state index < -0.39 is 0 Å². The highest BCUT2D eigenvalue weighted by molar-refractivity contribution is 5.84. The molecule has 0 aromatic heterocycles. The van der Waals surface area contributed by atoms with Crippen LogP contribution in [0.3, 0.4) is 0 Å². The lowest BCUT2D eigenvalue weighted by Crippen LogP contribution is -2.48. The van der Waals surface area contributed by atoms with Crippen LogP contribution in [0.4, 0.5) is 0 Å². The number of carbonyl (C=O) groups is 2. The molecule has 4 saturated carbocycles. The zero-order valence-corrected chi connectivity index (χ0v) is 16.0. The van der Waals surface area contributed by atoms with Crippen LogP contribution in [0.25, 0.3) is 0 Å².